The number of hydrogen-bond donors (Lipinski definition) is 1. The summed E-state index contributed by atoms with van der Waals surface area (Å²) in [6.07, 6.45) is 2.88. The lowest BCUT2D eigenvalue weighted by Gasteiger charge is -2.16. The van der Waals surface area contributed by atoms with Gasteiger partial charge in [0.25, 0.3) is 5.91 Å². The van der Waals surface area contributed by atoms with Gasteiger partial charge in [0.2, 0.25) is 5.91 Å². The van der Waals surface area contributed by atoms with Crippen LogP contribution in [0.4, 0.5) is 5.69 Å². The molecule has 1 heterocycles. The first-order chi connectivity index (χ1) is 10.9. The highest BCUT2D eigenvalue weighted by atomic mass is 35.5. The molecule has 0 saturated carbocycles. The standard InChI is InChI=1S/C15H14Cl2N4O2/c1-9-6-19-13(7-18-9)15(23)21(2)8-14(22)20-10-3-4-11(16)12(17)5-10/h3-7H,8H2,1-2H3,(H,20,22). The lowest BCUT2D eigenvalue weighted by Crippen LogP contribution is -2.35. The highest BCUT2D eigenvalue weighted by molar-refractivity contribution is 6.42. The Morgan fingerprint density at radius 2 is 1.91 bits per heavy atom. The van der Waals surface area contributed by atoms with Crippen molar-refractivity contribution in [2.24, 2.45) is 0 Å². The normalized spacial score (nSPS) is 10.3. The van der Waals surface area contributed by atoms with Crippen LogP contribution in [0.5, 0.6) is 0 Å². The summed E-state index contributed by atoms with van der Waals surface area (Å²) < 4.78 is 0. The second-order valence-electron chi connectivity index (χ2n) is 4.88. The molecule has 0 aliphatic heterocycles. The molecular formula is C15H14Cl2N4O2. The van der Waals surface area contributed by atoms with Crippen molar-refractivity contribution in [1.82, 2.24) is 14.9 Å². The number of aromatic nitrogens is 2. The van der Waals surface area contributed by atoms with Crippen LogP contribution in [0.25, 0.3) is 0 Å². The lowest BCUT2D eigenvalue weighted by molar-refractivity contribution is -0.116. The van der Waals surface area contributed by atoms with Gasteiger partial charge in [0, 0.05) is 18.9 Å². The molecular weight excluding hydrogens is 339 g/mol. The number of halogens is 2. The van der Waals surface area contributed by atoms with Crippen molar-refractivity contribution in [3.05, 3.63) is 52.0 Å². The smallest absolute Gasteiger partial charge is 0.274 e. The Labute approximate surface area is 143 Å². The Morgan fingerprint density at radius 1 is 1.17 bits per heavy atom. The van der Waals surface area contributed by atoms with Crippen molar-refractivity contribution in [1.29, 1.82) is 0 Å². The first-order valence-corrected chi connectivity index (χ1v) is 7.41. The fourth-order valence-corrected chi connectivity index (χ4v) is 2.06. The Morgan fingerprint density at radius 3 is 2.52 bits per heavy atom. The number of rotatable bonds is 4. The maximum atomic E-state index is 12.1. The first-order valence-electron chi connectivity index (χ1n) is 6.66. The summed E-state index contributed by atoms with van der Waals surface area (Å²) in [5, 5.41) is 3.38. The molecule has 2 amide bonds. The van der Waals surface area contributed by atoms with Gasteiger partial charge in [-0.3, -0.25) is 14.6 Å². The van der Waals surface area contributed by atoms with E-state index in [0.717, 1.165) is 0 Å². The van der Waals surface area contributed by atoms with E-state index in [9.17, 15) is 9.59 Å². The van der Waals surface area contributed by atoms with E-state index in [0.29, 0.717) is 21.4 Å². The largest absolute Gasteiger partial charge is 0.331 e. The van der Waals surface area contributed by atoms with Gasteiger partial charge in [-0.1, -0.05) is 23.2 Å². The summed E-state index contributed by atoms with van der Waals surface area (Å²) in [7, 11) is 1.51. The van der Waals surface area contributed by atoms with Gasteiger partial charge in [-0.2, -0.15) is 0 Å². The monoisotopic (exact) mass is 352 g/mol. The van der Waals surface area contributed by atoms with Crippen LogP contribution in [0.2, 0.25) is 10.0 Å². The maximum Gasteiger partial charge on any atom is 0.274 e. The molecule has 1 N–H and O–H groups in total. The second kappa shape index (κ2) is 7.39. The van der Waals surface area contributed by atoms with Crippen LogP contribution < -0.4 is 5.32 Å². The second-order valence-corrected chi connectivity index (χ2v) is 5.70. The van der Waals surface area contributed by atoms with Gasteiger partial charge in [-0.25, -0.2) is 4.98 Å². The van der Waals surface area contributed by atoms with Gasteiger partial charge in [0.1, 0.15) is 5.69 Å². The van der Waals surface area contributed by atoms with Gasteiger partial charge < -0.3 is 10.2 Å². The van der Waals surface area contributed by atoms with Crippen molar-refractivity contribution >= 4 is 40.7 Å². The number of likely N-dealkylation sites (N-methyl/N-ethyl adjacent to an activating group) is 1. The topological polar surface area (TPSA) is 75.2 Å². The number of carbonyl (C=O) groups excluding carboxylic acids is 2. The minimum absolute atomic E-state index is 0.130. The minimum atomic E-state index is -0.387. The summed E-state index contributed by atoms with van der Waals surface area (Å²) in [6, 6.07) is 4.74. The van der Waals surface area contributed by atoms with Gasteiger partial charge in [-0.15, -0.1) is 0 Å². The highest BCUT2D eigenvalue weighted by Crippen LogP contribution is 2.24. The molecule has 0 aliphatic carbocycles. The number of carbonyl (C=O) groups is 2. The van der Waals surface area contributed by atoms with Gasteiger partial charge in [0.05, 0.1) is 28.5 Å². The summed E-state index contributed by atoms with van der Waals surface area (Å²) in [6.45, 7) is 1.64. The minimum Gasteiger partial charge on any atom is -0.331 e. The number of nitrogens with one attached hydrogen (secondary N) is 1. The van der Waals surface area contributed by atoms with Crippen molar-refractivity contribution in [3.8, 4) is 0 Å². The fraction of sp³-hybridized carbons (Fsp3) is 0.200. The van der Waals surface area contributed by atoms with Crippen LogP contribution in [-0.4, -0.2) is 40.3 Å². The molecule has 23 heavy (non-hydrogen) atoms. The highest BCUT2D eigenvalue weighted by Gasteiger charge is 2.16. The predicted octanol–water partition coefficient (Wildman–Crippen LogP) is 2.80. The lowest BCUT2D eigenvalue weighted by atomic mass is 10.3. The molecule has 2 aromatic rings. The van der Waals surface area contributed by atoms with E-state index in [-0.39, 0.29) is 24.1 Å². The number of aryl methyl sites for hydroxylation is 1. The number of benzene rings is 1. The van der Waals surface area contributed by atoms with Gasteiger partial charge in [-0.05, 0) is 25.1 Å². The Balaban J connectivity index is 1.97. The number of amides is 2. The number of hydrogen-bond acceptors (Lipinski definition) is 4. The third kappa shape index (κ3) is 4.64. The molecule has 6 nitrogen and oxygen atoms in total. The van der Waals surface area contributed by atoms with Crippen LogP contribution in [0, 0.1) is 6.92 Å². The molecule has 8 heteroatoms. The van der Waals surface area contributed by atoms with Crippen LogP contribution in [0.3, 0.4) is 0 Å². The molecule has 0 aliphatic rings. The summed E-state index contributed by atoms with van der Waals surface area (Å²) in [5.41, 5.74) is 1.39. The predicted molar refractivity (Wildman–Crippen MR) is 88.8 cm³/mol. The van der Waals surface area contributed by atoms with Gasteiger partial charge >= 0.3 is 0 Å². The van der Waals surface area contributed by atoms with E-state index >= 15 is 0 Å². The van der Waals surface area contributed by atoms with Crippen LogP contribution >= 0.6 is 23.2 Å². The van der Waals surface area contributed by atoms with Crippen molar-refractivity contribution in [2.45, 2.75) is 6.92 Å². The van der Waals surface area contributed by atoms with E-state index in [4.69, 9.17) is 23.2 Å². The van der Waals surface area contributed by atoms with Crippen molar-refractivity contribution < 1.29 is 9.59 Å². The number of nitrogens with zero attached hydrogens (tertiary/aromatic N) is 3. The molecule has 0 unspecified atom stereocenters. The molecule has 0 spiro atoms. The zero-order chi connectivity index (χ0) is 17.0. The third-order valence-corrected chi connectivity index (χ3v) is 3.67. The summed E-state index contributed by atoms with van der Waals surface area (Å²) in [4.78, 5) is 33.4. The van der Waals surface area contributed by atoms with E-state index in [1.165, 1.54) is 30.4 Å². The van der Waals surface area contributed by atoms with Crippen molar-refractivity contribution in [2.75, 3.05) is 18.9 Å². The maximum absolute atomic E-state index is 12.1. The third-order valence-electron chi connectivity index (χ3n) is 2.93. The average molecular weight is 353 g/mol. The molecule has 0 saturated heterocycles. The van der Waals surface area contributed by atoms with E-state index in [1.54, 1.807) is 19.1 Å². The summed E-state index contributed by atoms with van der Waals surface area (Å²) in [5.74, 6) is -0.749. The first kappa shape index (κ1) is 17.2. The quantitative estimate of drug-likeness (QED) is 0.917. The zero-order valence-corrected chi connectivity index (χ0v) is 14.0. The molecule has 2 rings (SSSR count). The average Bonchev–Trinajstić information content (AvgIpc) is 2.51. The van der Waals surface area contributed by atoms with Gasteiger partial charge in [0.15, 0.2) is 0 Å². The van der Waals surface area contributed by atoms with Crippen LogP contribution in [0.1, 0.15) is 16.2 Å². The summed E-state index contributed by atoms with van der Waals surface area (Å²) >= 11 is 11.7. The zero-order valence-electron chi connectivity index (χ0n) is 12.5. The Bertz CT molecular complexity index is 735. The number of anilines is 1. The Hall–Kier alpha value is -2.18. The molecule has 120 valence electrons. The SMILES string of the molecule is Cc1cnc(C(=O)N(C)CC(=O)Nc2ccc(Cl)c(Cl)c2)cn1. The molecule has 1 aromatic carbocycles. The molecule has 0 fully saturated rings. The molecule has 0 radical (unpaired) electrons. The van der Waals surface area contributed by atoms with E-state index in [1.807, 2.05) is 0 Å². The van der Waals surface area contributed by atoms with Crippen molar-refractivity contribution in [3.63, 3.8) is 0 Å². The van der Waals surface area contributed by atoms with E-state index < -0.39 is 0 Å². The van der Waals surface area contributed by atoms with E-state index in [2.05, 4.69) is 15.3 Å². The molecule has 0 atom stereocenters. The molecule has 0 bridgehead atoms. The molecule has 1 aromatic heterocycles. The van der Waals surface area contributed by atoms with Crippen LogP contribution in [-0.2, 0) is 4.79 Å². The van der Waals surface area contributed by atoms with Crippen LogP contribution in [0.15, 0.2) is 30.6 Å². The fourth-order valence-electron chi connectivity index (χ4n) is 1.76. The Kier molecular flexibility index (Phi) is 5.52.